The van der Waals surface area contributed by atoms with Crippen LogP contribution in [0.5, 0.6) is 0 Å². The van der Waals surface area contributed by atoms with E-state index in [1.165, 1.54) is 11.1 Å². The molecule has 1 fully saturated rings. The number of nitrogens with zero attached hydrogens (tertiary/aromatic N) is 2. The highest BCUT2D eigenvalue weighted by molar-refractivity contribution is 14.0. The van der Waals surface area contributed by atoms with Gasteiger partial charge < -0.3 is 19.8 Å². The molecular weight excluding hydrogens is 479 g/mol. The first-order valence-corrected chi connectivity index (χ1v) is 10.3. The van der Waals surface area contributed by atoms with Gasteiger partial charge in [0.15, 0.2) is 5.96 Å². The molecule has 1 aromatic carbocycles. The van der Waals surface area contributed by atoms with Gasteiger partial charge in [0, 0.05) is 39.1 Å². The van der Waals surface area contributed by atoms with Crippen molar-refractivity contribution in [2.45, 2.75) is 32.9 Å². The van der Waals surface area contributed by atoms with E-state index in [-0.39, 0.29) is 24.0 Å². The number of nitrogens with one attached hydrogen (secondary N) is 2. The predicted octanol–water partition coefficient (Wildman–Crippen LogP) is 3.42. The molecule has 0 unspecified atom stereocenters. The highest BCUT2D eigenvalue weighted by atomic mass is 127. The third-order valence-corrected chi connectivity index (χ3v) is 4.81. The smallest absolute Gasteiger partial charge is 0.191 e. The first-order valence-electron chi connectivity index (χ1n) is 10.3. The zero-order chi connectivity index (χ0) is 19.4. The minimum atomic E-state index is 0. The summed E-state index contributed by atoms with van der Waals surface area (Å²) < 4.78 is 10.9. The third kappa shape index (κ3) is 8.36. The summed E-state index contributed by atoms with van der Waals surface area (Å²) in [5, 5.41) is 6.82. The fourth-order valence-electron chi connectivity index (χ4n) is 3.21. The minimum absolute atomic E-state index is 0. The Kier molecular flexibility index (Phi) is 11.1. The van der Waals surface area contributed by atoms with Crippen LogP contribution in [0.2, 0.25) is 0 Å². The number of aliphatic imine (C=N–C) groups is 1. The van der Waals surface area contributed by atoms with Crippen molar-refractivity contribution in [2.24, 2.45) is 4.99 Å². The standard InChI is InChI=1S/C22H32N4O2.HI/c1-2-10-23-22(24-11-9-21-8-5-14-28-21)25-17-19-6-3-4-7-20(19)18-26-12-15-27-16-13-26;/h3-8,14H,2,9-13,15-18H2,1H3,(H2,23,24,25);1H. The number of furan rings is 1. The first kappa shape index (κ1) is 23.7. The van der Waals surface area contributed by atoms with Crippen molar-refractivity contribution in [3.8, 4) is 0 Å². The topological polar surface area (TPSA) is 62.0 Å². The molecule has 2 heterocycles. The van der Waals surface area contributed by atoms with Crippen LogP contribution in [0.3, 0.4) is 0 Å². The van der Waals surface area contributed by atoms with E-state index in [0.717, 1.165) is 70.5 Å². The van der Waals surface area contributed by atoms with Gasteiger partial charge in [0.1, 0.15) is 5.76 Å². The molecule has 1 aromatic heterocycles. The van der Waals surface area contributed by atoms with Crippen LogP contribution in [0.1, 0.15) is 30.2 Å². The van der Waals surface area contributed by atoms with Crippen LogP contribution in [0.4, 0.5) is 0 Å². The van der Waals surface area contributed by atoms with Crippen LogP contribution in [-0.2, 0) is 24.2 Å². The van der Waals surface area contributed by atoms with Crippen LogP contribution < -0.4 is 10.6 Å². The third-order valence-electron chi connectivity index (χ3n) is 4.81. The molecule has 0 spiro atoms. The molecule has 0 radical (unpaired) electrons. The van der Waals surface area contributed by atoms with E-state index in [2.05, 4.69) is 46.7 Å². The van der Waals surface area contributed by atoms with Gasteiger partial charge in [-0.25, -0.2) is 4.99 Å². The summed E-state index contributed by atoms with van der Waals surface area (Å²) in [7, 11) is 0. The molecule has 160 valence electrons. The maximum absolute atomic E-state index is 5.46. The Balaban J connectivity index is 0.00000300. The average molecular weight is 512 g/mol. The molecule has 1 saturated heterocycles. The Hall–Kier alpha value is -1.58. The Morgan fingerprint density at radius 3 is 2.52 bits per heavy atom. The van der Waals surface area contributed by atoms with E-state index in [1.54, 1.807) is 6.26 Å². The summed E-state index contributed by atoms with van der Waals surface area (Å²) in [6.07, 6.45) is 3.62. The minimum Gasteiger partial charge on any atom is -0.469 e. The fraction of sp³-hybridized carbons (Fsp3) is 0.500. The predicted molar refractivity (Wildman–Crippen MR) is 128 cm³/mol. The Morgan fingerprint density at radius 1 is 1.03 bits per heavy atom. The molecule has 1 aliphatic heterocycles. The number of ether oxygens (including phenoxy) is 1. The average Bonchev–Trinajstić information content (AvgIpc) is 3.25. The Morgan fingerprint density at radius 2 is 1.79 bits per heavy atom. The summed E-state index contributed by atoms with van der Waals surface area (Å²) >= 11 is 0. The number of halogens is 1. The number of hydrogen-bond acceptors (Lipinski definition) is 4. The van der Waals surface area contributed by atoms with Crippen molar-refractivity contribution < 1.29 is 9.15 Å². The molecule has 1 aliphatic rings. The molecule has 0 atom stereocenters. The zero-order valence-corrected chi connectivity index (χ0v) is 19.6. The van der Waals surface area contributed by atoms with Crippen molar-refractivity contribution >= 4 is 29.9 Å². The number of morpholine rings is 1. The quantitative estimate of drug-likeness (QED) is 0.307. The number of benzene rings is 1. The highest BCUT2D eigenvalue weighted by Gasteiger charge is 2.12. The lowest BCUT2D eigenvalue weighted by Crippen LogP contribution is -2.38. The molecule has 2 aromatic rings. The highest BCUT2D eigenvalue weighted by Crippen LogP contribution is 2.14. The van der Waals surface area contributed by atoms with Crippen molar-refractivity contribution in [1.82, 2.24) is 15.5 Å². The largest absolute Gasteiger partial charge is 0.469 e. The lowest BCUT2D eigenvalue weighted by molar-refractivity contribution is 0.0341. The molecule has 0 bridgehead atoms. The van der Waals surface area contributed by atoms with Crippen molar-refractivity contribution in [2.75, 3.05) is 39.4 Å². The van der Waals surface area contributed by atoms with E-state index in [1.807, 2.05) is 12.1 Å². The molecule has 0 aliphatic carbocycles. The second-order valence-corrected chi connectivity index (χ2v) is 7.00. The molecule has 0 amide bonds. The van der Waals surface area contributed by atoms with E-state index < -0.39 is 0 Å². The second kappa shape index (κ2) is 13.6. The van der Waals surface area contributed by atoms with Crippen LogP contribution >= 0.6 is 24.0 Å². The van der Waals surface area contributed by atoms with Gasteiger partial charge in [-0.1, -0.05) is 31.2 Å². The van der Waals surface area contributed by atoms with Gasteiger partial charge in [-0.15, -0.1) is 24.0 Å². The second-order valence-electron chi connectivity index (χ2n) is 7.00. The molecule has 6 nitrogen and oxygen atoms in total. The summed E-state index contributed by atoms with van der Waals surface area (Å²) in [6, 6.07) is 12.5. The van der Waals surface area contributed by atoms with Gasteiger partial charge >= 0.3 is 0 Å². The lowest BCUT2D eigenvalue weighted by Gasteiger charge is -2.27. The van der Waals surface area contributed by atoms with E-state index >= 15 is 0 Å². The van der Waals surface area contributed by atoms with Crippen molar-refractivity contribution in [3.63, 3.8) is 0 Å². The molecule has 0 saturated carbocycles. The van der Waals surface area contributed by atoms with E-state index in [4.69, 9.17) is 14.1 Å². The van der Waals surface area contributed by atoms with Gasteiger partial charge in [0.2, 0.25) is 0 Å². The number of rotatable bonds is 9. The monoisotopic (exact) mass is 512 g/mol. The molecule has 7 heteroatoms. The summed E-state index contributed by atoms with van der Waals surface area (Å²) in [5.41, 5.74) is 2.62. The Bertz CT molecular complexity index is 715. The van der Waals surface area contributed by atoms with Gasteiger partial charge in [-0.2, -0.15) is 0 Å². The van der Waals surface area contributed by atoms with Gasteiger partial charge in [0.05, 0.1) is 26.0 Å². The summed E-state index contributed by atoms with van der Waals surface area (Å²) in [4.78, 5) is 7.27. The molecular formula is C22H33IN4O2. The number of hydrogen-bond donors (Lipinski definition) is 2. The first-order chi connectivity index (χ1) is 13.8. The van der Waals surface area contributed by atoms with Gasteiger partial charge in [0.25, 0.3) is 0 Å². The van der Waals surface area contributed by atoms with E-state index in [9.17, 15) is 0 Å². The SMILES string of the molecule is CCCNC(=NCc1ccccc1CN1CCOCC1)NCCc1ccco1.I. The number of guanidine groups is 1. The van der Waals surface area contributed by atoms with Crippen molar-refractivity contribution in [1.29, 1.82) is 0 Å². The lowest BCUT2D eigenvalue weighted by atomic mass is 10.1. The molecule has 29 heavy (non-hydrogen) atoms. The maximum Gasteiger partial charge on any atom is 0.191 e. The molecule has 2 N–H and O–H groups in total. The van der Waals surface area contributed by atoms with Gasteiger partial charge in [-0.05, 0) is 29.7 Å². The molecule has 3 rings (SSSR count). The van der Waals surface area contributed by atoms with Crippen LogP contribution in [-0.4, -0.2) is 50.3 Å². The van der Waals surface area contributed by atoms with Crippen LogP contribution in [0, 0.1) is 0 Å². The van der Waals surface area contributed by atoms with Crippen LogP contribution in [0.25, 0.3) is 0 Å². The van der Waals surface area contributed by atoms with Crippen molar-refractivity contribution in [3.05, 3.63) is 59.5 Å². The zero-order valence-electron chi connectivity index (χ0n) is 17.2. The van der Waals surface area contributed by atoms with E-state index in [0.29, 0.717) is 6.54 Å². The Labute approximate surface area is 191 Å². The van der Waals surface area contributed by atoms with Gasteiger partial charge in [-0.3, -0.25) is 4.90 Å². The van der Waals surface area contributed by atoms with Crippen LogP contribution in [0.15, 0.2) is 52.1 Å². The summed E-state index contributed by atoms with van der Waals surface area (Å²) in [6.45, 7) is 9.12. The maximum atomic E-state index is 5.46. The summed E-state index contributed by atoms with van der Waals surface area (Å²) in [5.74, 6) is 1.84. The normalized spacial score (nSPS) is 15.0. The fourth-order valence-corrected chi connectivity index (χ4v) is 3.21.